The van der Waals surface area contributed by atoms with Gasteiger partial charge in [-0.2, -0.15) is 18.4 Å². The second-order valence-corrected chi connectivity index (χ2v) is 3.06. The largest absolute Gasteiger partial charge is 0.417 e. The number of nitriles is 1. The molecule has 4 nitrogen and oxygen atoms in total. The number of azide groups is 1. The molecule has 0 heterocycles. The highest BCUT2D eigenvalue weighted by atomic mass is 19.4. The maximum Gasteiger partial charge on any atom is 0.417 e. The second kappa shape index (κ2) is 5.62. The molecule has 1 rings (SSSR count). The third-order valence-corrected chi connectivity index (χ3v) is 1.89. The molecule has 0 unspecified atom stereocenters. The van der Waals surface area contributed by atoms with E-state index in [2.05, 4.69) is 21.9 Å². The summed E-state index contributed by atoms with van der Waals surface area (Å²) in [5.41, 5.74) is 6.66. The number of benzene rings is 1. The molecule has 0 saturated carbocycles. The van der Waals surface area contributed by atoms with Crippen LogP contribution in [0.15, 0.2) is 23.3 Å². The summed E-state index contributed by atoms with van der Waals surface area (Å²) in [6.07, 6.45) is -4.59. The Hall–Kier alpha value is -2.63. The average Bonchev–Trinajstić information content (AvgIpc) is 2.33. The first kappa shape index (κ1) is 13.4. The summed E-state index contributed by atoms with van der Waals surface area (Å²) in [5, 5.41) is 11.6. The van der Waals surface area contributed by atoms with Crippen molar-refractivity contribution in [3.8, 4) is 17.9 Å². The Balaban J connectivity index is 3.22. The molecule has 0 amide bonds. The number of alkyl halides is 3. The van der Waals surface area contributed by atoms with Crippen LogP contribution in [-0.2, 0) is 6.18 Å². The van der Waals surface area contributed by atoms with Crippen LogP contribution in [-0.4, -0.2) is 6.54 Å². The molecule has 0 aliphatic rings. The number of halogens is 3. The SMILES string of the molecule is N#Cc1ccc(C#CCN=[N+]=[N-])c(C(F)(F)F)c1. The Morgan fingerprint density at radius 2 is 2.11 bits per heavy atom. The van der Waals surface area contributed by atoms with Crippen molar-refractivity contribution in [2.75, 3.05) is 6.54 Å². The molecule has 0 fully saturated rings. The number of hydrogen-bond donors (Lipinski definition) is 0. The van der Waals surface area contributed by atoms with E-state index >= 15 is 0 Å². The zero-order valence-corrected chi connectivity index (χ0v) is 8.86. The van der Waals surface area contributed by atoms with Gasteiger partial charge in [0.25, 0.3) is 0 Å². The van der Waals surface area contributed by atoms with Gasteiger partial charge in [0.1, 0.15) is 0 Å². The van der Waals surface area contributed by atoms with Gasteiger partial charge in [0.2, 0.25) is 0 Å². The lowest BCUT2D eigenvalue weighted by Gasteiger charge is -2.09. The maximum atomic E-state index is 12.7. The van der Waals surface area contributed by atoms with Crippen molar-refractivity contribution in [1.82, 2.24) is 0 Å². The summed E-state index contributed by atoms with van der Waals surface area (Å²) >= 11 is 0. The third-order valence-electron chi connectivity index (χ3n) is 1.89. The van der Waals surface area contributed by atoms with E-state index in [0.29, 0.717) is 0 Å². The quantitative estimate of drug-likeness (QED) is 0.326. The fourth-order valence-corrected chi connectivity index (χ4v) is 1.16. The van der Waals surface area contributed by atoms with Gasteiger partial charge in [0.15, 0.2) is 0 Å². The molecule has 0 aliphatic carbocycles. The van der Waals surface area contributed by atoms with Crippen molar-refractivity contribution in [3.05, 3.63) is 45.3 Å². The first-order valence-corrected chi connectivity index (χ1v) is 4.60. The lowest BCUT2D eigenvalue weighted by atomic mass is 10.0. The Bertz CT molecular complexity index is 595. The number of nitrogens with zero attached hydrogens (tertiary/aromatic N) is 4. The predicted molar refractivity (Wildman–Crippen MR) is 57.1 cm³/mol. The van der Waals surface area contributed by atoms with Gasteiger partial charge in [-0.05, 0) is 23.7 Å². The molecule has 1 aromatic carbocycles. The first-order chi connectivity index (χ1) is 8.49. The van der Waals surface area contributed by atoms with Crippen LogP contribution in [0.25, 0.3) is 10.4 Å². The molecule has 0 spiro atoms. The van der Waals surface area contributed by atoms with Crippen LogP contribution in [0.2, 0.25) is 0 Å². The molecule has 7 heteroatoms. The lowest BCUT2D eigenvalue weighted by Crippen LogP contribution is -2.08. The number of rotatable bonds is 1. The summed E-state index contributed by atoms with van der Waals surface area (Å²) < 4.78 is 38.0. The van der Waals surface area contributed by atoms with Gasteiger partial charge < -0.3 is 0 Å². The van der Waals surface area contributed by atoms with Gasteiger partial charge in [-0.3, -0.25) is 0 Å². The first-order valence-electron chi connectivity index (χ1n) is 4.60. The molecule has 1 aromatic rings. The van der Waals surface area contributed by atoms with Crippen LogP contribution in [0.4, 0.5) is 13.2 Å². The Labute approximate surface area is 100 Å². The highest BCUT2D eigenvalue weighted by Crippen LogP contribution is 2.32. The summed E-state index contributed by atoms with van der Waals surface area (Å²) in [6, 6.07) is 4.72. The minimum Gasteiger partial charge on any atom is -0.192 e. The van der Waals surface area contributed by atoms with E-state index in [9.17, 15) is 13.2 Å². The van der Waals surface area contributed by atoms with Gasteiger partial charge in [0.05, 0.1) is 23.7 Å². The third kappa shape index (κ3) is 3.44. The summed E-state index contributed by atoms with van der Waals surface area (Å²) in [6.45, 7) is -0.214. The molecule has 90 valence electrons. The van der Waals surface area contributed by atoms with Gasteiger partial charge >= 0.3 is 6.18 Å². The molecule has 0 N–H and O–H groups in total. The molecule has 0 radical (unpaired) electrons. The molecule has 0 aromatic heterocycles. The van der Waals surface area contributed by atoms with Crippen LogP contribution in [0.3, 0.4) is 0 Å². The minimum atomic E-state index is -4.59. The maximum absolute atomic E-state index is 12.7. The zero-order chi connectivity index (χ0) is 13.6. The highest BCUT2D eigenvalue weighted by molar-refractivity contribution is 5.47. The van der Waals surface area contributed by atoms with E-state index in [1.54, 1.807) is 6.07 Å². The van der Waals surface area contributed by atoms with E-state index < -0.39 is 11.7 Å². The van der Waals surface area contributed by atoms with Crippen LogP contribution >= 0.6 is 0 Å². The molecule has 0 saturated heterocycles. The van der Waals surface area contributed by atoms with Gasteiger partial charge in [-0.1, -0.05) is 17.0 Å². The van der Waals surface area contributed by atoms with E-state index in [1.165, 1.54) is 6.07 Å². The summed E-state index contributed by atoms with van der Waals surface area (Å²) in [5.74, 6) is 4.56. The van der Waals surface area contributed by atoms with Gasteiger partial charge in [0, 0.05) is 10.5 Å². The number of hydrogen-bond acceptors (Lipinski definition) is 2. The van der Waals surface area contributed by atoms with E-state index in [0.717, 1.165) is 12.1 Å². The summed E-state index contributed by atoms with van der Waals surface area (Å²) in [7, 11) is 0. The van der Waals surface area contributed by atoms with Crippen LogP contribution in [0.1, 0.15) is 16.7 Å². The zero-order valence-electron chi connectivity index (χ0n) is 8.86. The van der Waals surface area contributed by atoms with Crippen molar-refractivity contribution >= 4 is 0 Å². The van der Waals surface area contributed by atoms with Crippen molar-refractivity contribution in [2.45, 2.75) is 6.18 Å². The topological polar surface area (TPSA) is 72.5 Å². The molecule has 0 atom stereocenters. The van der Waals surface area contributed by atoms with Gasteiger partial charge in [-0.15, -0.1) is 0 Å². The standard InChI is InChI=1S/C11H5F3N4/c12-11(13,14)10-6-8(7-15)3-4-9(10)2-1-5-17-18-16/h3-4,6H,5H2. The van der Waals surface area contributed by atoms with Crippen molar-refractivity contribution in [1.29, 1.82) is 5.26 Å². The monoisotopic (exact) mass is 250 g/mol. The van der Waals surface area contributed by atoms with E-state index in [1.807, 2.05) is 0 Å². The summed E-state index contributed by atoms with van der Waals surface area (Å²) in [4.78, 5) is 2.42. The van der Waals surface area contributed by atoms with Crippen molar-refractivity contribution in [2.24, 2.45) is 5.11 Å². The van der Waals surface area contributed by atoms with Crippen LogP contribution in [0.5, 0.6) is 0 Å². The predicted octanol–water partition coefficient (Wildman–Crippen LogP) is 3.24. The van der Waals surface area contributed by atoms with Gasteiger partial charge in [-0.25, -0.2) is 0 Å². The minimum absolute atomic E-state index is 0.0945. The molecule has 0 bridgehead atoms. The second-order valence-electron chi connectivity index (χ2n) is 3.06. The molecular formula is C11H5F3N4. The van der Waals surface area contributed by atoms with Crippen molar-refractivity contribution < 1.29 is 13.2 Å². The Kier molecular flexibility index (Phi) is 4.20. The smallest absolute Gasteiger partial charge is 0.192 e. The average molecular weight is 250 g/mol. The Morgan fingerprint density at radius 1 is 1.39 bits per heavy atom. The Morgan fingerprint density at radius 3 is 2.67 bits per heavy atom. The van der Waals surface area contributed by atoms with Crippen LogP contribution in [0, 0.1) is 23.2 Å². The van der Waals surface area contributed by atoms with E-state index in [-0.39, 0.29) is 17.7 Å². The van der Waals surface area contributed by atoms with Crippen LogP contribution < -0.4 is 0 Å². The fourth-order valence-electron chi connectivity index (χ4n) is 1.16. The normalized spacial score (nSPS) is 9.67. The highest BCUT2D eigenvalue weighted by Gasteiger charge is 2.33. The fraction of sp³-hybridized carbons (Fsp3) is 0.182. The molecule has 18 heavy (non-hydrogen) atoms. The molecule has 0 aliphatic heterocycles. The van der Waals surface area contributed by atoms with E-state index in [4.69, 9.17) is 10.8 Å². The van der Waals surface area contributed by atoms with Crippen molar-refractivity contribution in [3.63, 3.8) is 0 Å². The molecular weight excluding hydrogens is 245 g/mol. The lowest BCUT2D eigenvalue weighted by molar-refractivity contribution is -0.137.